The van der Waals surface area contributed by atoms with Gasteiger partial charge in [0, 0.05) is 10.9 Å². The molecule has 2 aromatic rings. The third-order valence-electron chi connectivity index (χ3n) is 2.32. The van der Waals surface area contributed by atoms with Crippen LogP contribution in [0.5, 0.6) is 0 Å². The number of hydrogen-bond donors (Lipinski definition) is 1. The Morgan fingerprint density at radius 1 is 1.35 bits per heavy atom. The van der Waals surface area contributed by atoms with Crippen LogP contribution in [0, 0.1) is 0 Å². The summed E-state index contributed by atoms with van der Waals surface area (Å²) < 4.78 is 2.68. The first-order valence-corrected chi connectivity index (χ1v) is 6.12. The van der Waals surface area contributed by atoms with Crippen molar-refractivity contribution in [3.63, 3.8) is 0 Å². The summed E-state index contributed by atoms with van der Waals surface area (Å²) in [5.41, 5.74) is 1.13. The van der Waals surface area contributed by atoms with Crippen LogP contribution in [0.15, 0.2) is 28.7 Å². The molecule has 2 rings (SSSR count). The molecule has 1 atom stereocenters. The van der Waals surface area contributed by atoms with Crippen molar-refractivity contribution in [2.24, 2.45) is 0 Å². The van der Waals surface area contributed by atoms with E-state index >= 15 is 0 Å². The largest absolute Gasteiger partial charge is 0.391 e. The first-order chi connectivity index (χ1) is 8.15. The van der Waals surface area contributed by atoms with Gasteiger partial charge in [0.15, 0.2) is 5.82 Å². The first kappa shape index (κ1) is 12.2. The number of hydrogen-bond acceptors (Lipinski definition) is 4. The van der Waals surface area contributed by atoms with Crippen molar-refractivity contribution >= 4 is 15.9 Å². The maximum absolute atomic E-state index is 9.33. The average Bonchev–Trinajstić information content (AvgIpc) is 2.68. The topological polar surface area (TPSA) is 63.8 Å². The van der Waals surface area contributed by atoms with Crippen LogP contribution in [0.1, 0.15) is 18.3 Å². The quantitative estimate of drug-likeness (QED) is 0.926. The normalized spacial score (nSPS) is 12.6. The van der Waals surface area contributed by atoms with Gasteiger partial charge in [-0.05, 0) is 35.0 Å². The zero-order valence-corrected chi connectivity index (χ0v) is 11.0. The maximum Gasteiger partial charge on any atom is 0.155 e. The molecule has 0 amide bonds. The van der Waals surface area contributed by atoms with E-state index in [0.29, 0.717) is 13.0 Å². The van der Waals surface area contributed by atoms with Gasteiger partial charge in [0.2, 0.25) is 0 Å². The Morgan fingerprint density at radius 3 is 2.71 bits per heavy atom. The lowest BCUT2D eigenvalue weighted by atomic mass is 10.1. The van der Waals surface area contributed by atoms with Crippen LogP contribution in [-0.4, -0.2) is 31.4 Å². The van der Waals surface area contributed by atoms with Gasteiger partial charge in [-0.1, -0.05) is 28.1 Å². The van der Waals surface area contributed by atoms with Gasteiger partial charge in [0.25, 0.3) is 0 Å². The van der Waals surface area contributed by atoms with Crippen molar-refractivity contribution in [2.75, 3.05) is 0 Å². The van der Waals surface area contributed by atoms with Gasteiger partial charge in [0.05, 0.1) is 12.6 Å². The number of rotatable bonds is 4. The Kier molecular flexibility index (Phi) is 3.86. The predicted octanol–water partition coefficient (Wildman–Crippen LogP) is 1.41. The number of benzene rings is 1. The van der Waals surface area contributed by atoms with Crippen LogP contribution < -0.4 is 0 Å². The Bertz CT molecular complexity index is 480. The molecule has 0 radical (unpaired) electrons. The van der Waals surface area contributed by atoms with Crippen LogP contribution >= 0.6 is 15.9 Å². The van der Waals surface area contributed by atoms with Crippen LogP contribution in [0.2, 0.25) is 0 Å². The second kappa shape index (κ2) is 5.37. The Hall–Kier alpha value is -1.27. The van der Waals surface area contributed by atoms with Crippen LogP contribution in [-0.2, 0) is 13.0 Å². The fraction of sp³-hybridized carbons (Fsp3) is 0.364. The van der Waals surface area contributed by atoms with E-state index in [2.05, 4.69) is 31.5 Å². The molecular weight excluding hydrogens is 284 g/mol. The van der Waals surface area contributed by atoms with Crippen molar-refractivity contribution in [1.82, 2.24) is 20.2 Å². The van der Waals surface area contributed by atoms with E-state index in [4.69, 9.17) is 0 Å². The number of aliphatic hydroxyl groups excluding tert-OH is 1. The van der Waals surface area contributed by atoms with Crippen molar-refractivity contribution in [3.8, 4) is 0 Å². The molecule has 17 heavy (non-hydrogen) atoms. The van der Waals surface area contributed by atoms with Crippen LogP contribution in [0.25, 0.3) is 0 Å². The molecule has 0 aliphatic heterocycles. The lowest BCUT2D eigenvalue weighted by Gasteiger charge is -2.06. The molecule has 0 aliphatic carbocycles. The highest BCUT2D eigenvalue weighted by atomic mass is 79.9. The lowest BCUT2D eigenvalue weighted by Crippen LogP contribution is -2.16. The molecule has 1 aromatic carbocycles. The van der Waals surface area contributed by atoms with Gasteiger partial charge in [-0.25, -0.2) is 4.68 Å². The summed E-state index contributed by atoms with van der Waals surface area (Å²) in [5.74, 6) is 0.758. The van der Waals surface area contributed by atoms with E-state index in [9.17, 15) is 5.11 Å². The summed E-state index contributed by atoms with van der Waals surface area (Å²) >= 11 is 3.39. The van der Waals surface area contributed by atoms with Crippen molar-refractivity contribution in [2.45, 2.75) is 26.0 Å². The Balaban J connectivity index is 2.13. The Morgan fingerprint density at radius 2 is 2.06 bits per heavy atom. The molecule has 1 aromatic heterocycles. The van der Waals surface area contributed by atoms with Gasteiger partial charge in [0.1, 0.15) is 0 Å². The summed E-state index contributed by atoms with van der Waals surface area (Å²) in [6.45, 7) is 2.13. The van der Waals surface area contributed by atoms with Crippen molar-refractivity contribution < 1.29 is 5.11 Å². The number of halogens is 1. The molecule has 90 valence electrons. The highest BCUT2D eigenvalue weighted by Gasteiger charge is 2.08. The zero-order chi connectivity index (χ0) is 12.3. The van der Waals surface area contributed by atoms with Gasteiger partial charge in [-0.2, -0.15) is 0 Å². The lowest BCUT2D eigenvalue weighted by molar-refractivity contribution is 0.166. The molecule has 1 N–H and O–H groups in total. The molecule has 0 bridgehead atoms. The summed E-state index contributed by atoms with van der Waals surface area (Å²) in [5, 5.41) is 20.8. The minimum absolute atomic E-state index is 0.416. The molecule has 0 saturated carbocycles. The second-order valence-electron chi connectivity index (χ2n) is 3.93. The number of tetrazole rings is 1. The monoisotopic (exact) mass is 296 g/mol. The highest BCUT2D eigenvalue weighted by molar-refractivity contribution is 9.10. The molecule has 0 aliphatic rings. The SMILES string of the molecule is C[C@H](O)Cn1nnnc1Cc1ccc(Br)cc1. The first-order valence-electron chi connectivity index (χ1n) is 5.32. The Labute approximate surface area is 108 Å². The van der Waals surface area contributed by atoms with E-state index < -0.39 is 6.10 Å². The summed E-state index contributed by atoms with van der Waals surface area (Å²) in [4.78, 5) is 0. The molecule has 5 nitrogen and oxygen atoms in total. The van der Waals surface area contributed by atoms with Crippen LogP contribution in [0.4, 0.5) is 0 Å². The maximum atomic E-state index is 9.33. The number of nitrogens with zero attached hydrogens (tertiary/aromatic N) is 4. The third-order valence-corrected chi connectivity index (χ3v) is 2.85. The highest BCUT2D eigenvalue weighted by Crippen LogP contribution is 2.12. The number of aliphatic hydroxyl groups is 1. The van der Waals surface area contributed by atoms with Gasteiger partial charge < -0.3 is 5.11 Å². The molecule has 6 heteroatoms. The minimum Gasteiger partial charge on any atom is -0.391 e. The van der Waals surface area contributed by atoms with E-state index in [-0.39, 0.29) is 0 Å². The fourth-order valence-electron chi connectivity index (χ4n) is 1.53. The molecular formula is C11H13BrN4O. The molecule has 0 unspecified atom stereocenters. The second-order valence-corrected chi connectivity index (χ2v) is 4.85. The molecule has 0 spiro atoms. The summed E-state index contributed by atoms with van der Waals surface area (Å²) in [6.07, 6.45) is 0.203. The van der Waals surface area contributed by atoms with E-state index in [1.165, 1.54) is 0 Å². The van der Waals surface area contributed by atoms with E-state index in [0.717, 1.165) is 15.9 Å². The third kappa shape index (κ3) is 3.34. The van der Waals surface area contributed by atoms with Gasteiger partial charge in [-0.3, -0.25) is 0 Å². The standard InChI is InChI=1S/C11H13BrN4O/c1-8(17)7-16-11(13-14-15-16)6-9-2-4-10(12)5-3-9/h2-5,8,17H,6-7H2,1H3/t8-/m0/s1. The fourth-order valence-corrected chi connectivity index (χ4v) is 1.79. The zero-order valence-electron chi connectivity index (χ0n) is 9.41. The molecule has 0 fully saturated rings. The predicted molar refractivity (Wildman–Crippen MR) is 66.4 cm³/mol. The minimum atomic E-state index is -0.456. The summed E-state index contributed by atoms with van der Waals surface area (Å²) in [7, 11) is 0. The van der Waals surface area contributed by atoms with Crippen molar-refractivity contribution in [1.29, 1.82) is 0 Å². The van der Waals surface area contributed by atoms with Gasteiger partial charge >= 0.3 is 0 Å². The van der Waals surface area contributed by atoms with Gasteiger partial charge in [-0.15, -0.1) is 5.10 Å². The van der Waals surface area contributed by atoms with Crippen LogP contribution in [0.3, 0.4) is 0 Å². The smallest absolute Gasteiger partial charge is 0.155 e. The summed E-state index contributed by atoms with van der Waals surface area (Å²) in [6, 6.07) is 8.01. The molecule has 0 saturated heterocycles. The number of aromatic nitrogens is 4. The van der Waals surface area contributed by atoms with E-state index in [1.807, 2.05) is 24.3 Å². The average molecular weight is 297 g/mol. The van der Waals surface area contributed by atoms with Crippen molar-refractivity contribution in [3.05, 3.63) is 40.1 Å². The van der Waals surface area contributed by atoms with E-state index in [1.54, 1.807) is 11.6 Å². The molecule has 1 heterocycles.